The number of aromatic nitrogens is 5. The van der Waals surface area contributed by atoms with E-state index in [1.54, 1.807) is 10.9 Å². The molecule has 1 aliphatic heterocycles. The second-order valence-electron chi connectivity index (χ2n) is 7.73. The number of benzene rings is 2. The molecular weight excluding hydrogens is 414 g/mol. The van der Waals surface area contributed by atoms with Crippen LogP contribution < -0.4 is 5.56 Å². The molecule has 0 aliphatic carbocycles. The van der Waals surface area contributed by atoms with Crippen molar-refractivity contribution < 1.29 is 4.74 Å². The highest BCUT2D eigenvalue weighted by molar-refractivity contribution is 6.30. The van der Waals surface area contributed by atoms with Crippen LogP contribution >= 0.6 is 11.6 Å². The lowest BCUT2D eigenvalue weighted by Gasteiger charge is -2.11. The summed E-state index contributed by atoms with van der Waals surface area (Å²) in [6.07, 6.45) is 3.59. The van der Waals surface area contributed by atoms with Crippen molar-refractivity contribution in [2.45, 2.75) is 25.5 Å². The number of hydrogen-bond acceptors (Lipinski definition) is 5. The first kappa shape index (κ1) is 18.5. The van der Waals surface area contributed by atoms with Crippen molar-refractivity contribution in [3.05, 3.63) is 70.2 Å². The van der Waals surface area contributed by atoms with Crippen LogP contribution in [0.2, 0.25) is 5.02 Å². The second-order valence-corrected chi connectivity index (χ2v) is 8.17. The van der Waals surface area contributed by atoms with Gasteiger partial charge in [0.1, 0.15) is 17.2 Å². The third-order valence-electron chi connectivity index (χ3n) is 5.74. The fraction of sp³-hybridized carbons (Fsp3) is 0.217. The first-order valence-corrected chi connectivity index (χ1v) is 10.6. The lowest BCUT2D eigenvalue weighted by Crippen LogP contribution is -2.26. The average Bonchev–Trinajstić information content (AvgIpc) is 3.41. The van der Waals surface area contributed by atoms with Gasteiger partial charge in [0, 0.05) is 17.3 Å². The Hall–Kier alpha value is -3.29. The van der Waals surface area contributed by atoms with Gasteiger partial charge >= 0.3 is 0 Å². The number of nitrogens with zero attached hydrogens (tertiary/aromatic N) is 5. The molecule has 1 saturated heterocycles. The maximum absolute atomic E-state index is 13.5. The molecule has 0 N–H and O–H groups in total. The number of para-hydroxylation sites is 2. The predicted molar refractivity (Wildman–Crippen MR) is 120 cm³/mol. The number of fused-ring (bicyclic) bond motifs is 4. The monoisotopic (exact) mass is 431 g/mol. The van der Waals surface area contributed by atoms with Crippen LogP contribution in [0, 0.1) is 0 Å². The SMILES string of the molecule is O=c1c2c3nc4ccccc4nc3n(-c3ccc(Cl)cc3)c2ncn1CC1CCCO1. The summed E-state index contributed by atoms with van der Waals surface area (Å²) in [5.41, 5.74) is 3.84. The molecule has 7 nitrogen and oxygen atoms in total. The molecule has 8 heteroatoms. The molecule has 154 valence electrons. The summed E-state index contributed by atoms with van der Waals surface area (Å²) < 4.78 is 9.22. The van der Waals surface area contributed by atoms with Gasteiger partial charge in [0.25, 0.3) is 5.56 Å². The van der Waals surface area contributed by atoms with Crippen LogP contribution in [0.15, 0.2) is 59.7 Å². The van der Waals surface area contributed by atoms with Crippen LogP contribution in [0.25, 0.3) is 38.9 Å². The first-order chi connectivity index (χ1) is 15.2. The fourth-order valence-corrected chi connectivity index (χ4v) is 4.37. The molecule has 1 unspecified atom stereocenters. The average molecular weight is 432 g/mol. The zero-order valence-electron chi connectivity index (χ0n) is 16.5. The van der Waals surface area contributed by atoms with Gasteiger partial charge in [-0.3, -0.25) is 13.9 Å². The Morgan fingerprint density at radius 1 is 1.03 bits per heavy atom. The Labute approximate surface area is 181 Å². The summed E-state index contributed by atoms with van der Waals surface area (Å²) in [6.45, 7) is 1.22. The molecular formula is C23H18ClN5O2. The van der Waals surface area contributed by atoms with Crippen molar-refractivity contribution in [2.24, 2.45) is 0 Å². The molecule has 0 spiro atoms. The van der Waals surface area contributed by atoms with Crippen molar-refractivity contribution >= 4 is 44.8 Å². The molecule has 1 aliphatic rings. The topological polar surface area (TPSA) is 74.8 Å². The number of ether oxygens (including phenoxy) is 1. The van der Waals surface area contributed by atoms with Gasteiger partial charge in [-0.05, 0) is 49.2 Å². The molecule has 3 aromatic heterocycles. The van der Waals surface area contributed by atoms with Gasteiger partial charge in [0.05, 0.1) is 23.7 Å². The smallest absolute Gasteiger partial charge is 0.265 e. The van der Waals surface area contributed by atoms with E-state index in [1.165, 1.54) is 0 Å². The highest BCUT2D eigenvalue weighted by atomic mass is 35.5. The maximum Gasteiger partial charge on any atom is 0.265 e. The van der Waals surface area contributed by atoms with E-state index in [0.717, 1.165) is 36.2 Å². The Bertz CT molecular complexity index is 1500. The minimum atomic E-state index is -0.136. The molecule has 0 bridgehead atoms. The molecule has 0 radical (unpaired) electrons. The predicted octanol–water partition coefficient (Wildman–Crippen LogP) is 4.12. The summed E-state index contributed by atoms with van der Waals surface area (Å²) in [7, 11) is 0. The summed E-state index contributed by atoms with van der Waals surface area (Å²) >= 11 is 6.10. The van der Waals surface area contributed by atoms with E-state index >= 15 is 0 Å². The molecule has 4 heterocycles. The van der Waals surface area contributed by atoms with E-state index in [-0.39, 0.29) is 11.7 Å². The zero-order valence-corrected chi connectivity index (χ0v) is 17.3. The standard InChI is InChI=1S/C23H18ClN5O2/c24-14-7-9-15(10-8-14)29-21-19(20-22(29)27-18-6-2-1-5-17(18)26-20)23(30)28(13-25-21)12-16-4-3-11-31-16/h1-2,5-10,13,16H,3-4,11-12H2. The third kappa shape index (κ3) is 3.00. The summed E-state index contributed by atoms with van der Waals surface area (Å²) in [5.74, 6) is 0. The largest absolute Gasteiger partial charge is 0.376 e. The first-order valence-electron chi connectivity index (χ1n) is 10.2. The minimum Gasteiger partial charge on any atom is -0.376 e. The number of rotatable bonds is 3. The third-order valence-corrected chi connectivity index (χ3v) is 5.99. The van der Waals surface area contributed by atoms with Crippen molar-refractivity contribution in [1.29, 1.82) is 0 Å². The van der Waals surface area contributed by atoms with Crippen molar-refractivity contribution in [3.63, 3.8) is 0 Å². The molecule has 31 heavy (non-hydrogen) atoms. The Kier molecular flexibility index (Phi) is 4.26. The highest BCUT2D eigenvalue weighted by Gasteiger charge is 2.22. The normalized spacial score (nSPS) is 16.6. The minimum absolute atomic E-state index is 0.0356. The van der Waals surface area contributed by atoms with Gasteiger partial charge in [0.2, 0.25) is 0 Å². The Morgan fingerprint density at radius 2 is 1.81 bits per heavy atom. The maximum atomic E-state index is 13.5. The van der Waals surface area contributed by atoms with Crippen LogP contribution in [0.5, 0.6) is 0 Å². The van der Waals surface area contributed by atoms with Gasteiger partial charge < -0.3 is 4.74 Å². The molecule has 2 aromatic carbocycles. The van der Waals surface area contributed by atoms with Crippen LogP contribution in [0.3, 0.4) is 0 Å². The van der Waals surface area contributed by atoms with Crippen molar-refractivity contribution in [2.75, 3.05) is 6.61 Å². The van der Waals surface area contributed by atoms with Gasteiger partial charge in [-0.2, -0.15) is 0 Å². The fourth-order valence-electron chi connectivity index (χ4n) is 4.24. The van der Waals surface area contributed by atoms with Gasteiger partial charge in [-0.15, -0.1) is 0 Å². The van der Waals surface area contributed by atoms with Crippen molar-refractivity contribution in [1.82, 2.24) is 24.1 Å². The summed E-state index contributed by atoms with van der Waals surface area (Å²) in [5, 5.41) is 1.09. The van der Waals surface area contributed by atoms with Crippen LogP contribution in [-0.2, 0) is 11.3 Å². The molecule has 6 rings (SSSR count). The quantitative estimate of drug-likeness (QED) is 0.429. The summed E-state index contributed by atoms with van der Waals surface area (Å²) in [6, 6.07) is 15.0. The van der Waals surface area contributed by atoms with Gasteiger partial charge in [-0.1, -0.05) is 23.7 Å². The van der Waals surface area contributed by atoms with E-state index in [1.807, 2.05) is 53.1 Å². The van der Waals surface area contributed by atoms with Crippen LogP contribution in [0.4, 0.5) is 0 Å². The van der Waals surface area contributed by atoms with E-state index in [9.17, 15) is 4.79 Å². The van der Waals surface area contributed by atoms with E-state index in [0.29, 0.717) is 33.8 Å². The molecule has 0 saturated carbocycles. The van der Waals surface area contributed by atoms with Crippen LogP contribution in [-0.4, -0.2) is 36.8 Å². The molecule has 0 amide bonds. The zero-order chi connectivity index (χ0) is 20.9. The molecule has 1 atom stereocenters. The Balaban J connectivity index is 1.68. The highest BCUT2D eigenvalue weighted by Crippen LogP contribution is 2.28. The van der Waals surface area contributed by atoms with Crippen LogP contribution in [0.1, 0.15) is 12.8 Å². The second kappa shape index (κ2) is 7.14. The van der Waals surface area contributed by atoms with Crippen molar-refractivity contribution in [3.8, 4) is 5.69 Å². The molecule has 1 fully saturated rings. The summed E-state index contributed by atoms with van der Waals surface area (Å²) in [4.78, 5) is 27.8. The van der Waals surface area contributed by atoms with E-state index in [2.05, 4.69) is 4.98 Å². The lowest BCUT2D eigenvalue weighted by atomic mass is 10.2. The van der Waals surface area contributed by atoms with E-state index < -0.39 is 0 Å². The number of hydrogen-bond donors (Lipinski definition) is 0. The lowest BCUT2D eigenvalue weighted by molar-refractivity contribution is 0.0960. The van der Waals surface area contributed by atoms with Gasteiger partial charge in [-0.25, -0.2) is 15.0 Å². The Morgan fingerprint density at radius 3 is 2.55 bits per heavy atom. The number of halogens is 1. The molecule has 5 aromatic rings. The van der Waals surface area contributed by atoms with Gasteiger partial charge in [0.15, 0.2) is 11.3 Å². The van der Waals surface area contributed by atoms with E-state index in [4.69, 9.17) is 26.3 Å².